The Balaban J connectivity index is 2.05. The molecule has 0 amide bonds. The lowest BCUT2D eigenvalue weighted by Gasteiger charge is -2.33. The van der Waals surface area contributed by atoms with E-state index in [1.807, 2.05) is 13.2 Å². The highest BCUT2D eigenvalue weighted by Crippen LogP contribution is 2.28. The molecule has 1 aliphatic heterocycles. The zero-order valence-corrected chi connectivity index (χ0v) is 14.8. The molecule has 5 nitrogen and oxygen atoms in total. The van der Waals surface area contributed by atoms with Crippen molar-refractivity contribution in [3.05, 3.63) is 28.5 Å². The quantitative estimate of drug-likeness (QED) is 0.856. The summed E-state index contributed by atoms with van der Waals surface area (Å²) in [5.41, 5.74) is 1.13. The molecule has 2 rings (SSSR count). The van der Waals surface area contributed by atoms with Crippen LogP contribution < -0.4 is 5.32 Å². The Labute approximate surface area is 135 Å². The third kappa shape index (κ3) is 4.74. The lowest BCUT2D eigenvalue weighted by atomic mass is 9.90. The first-order chi connectivity index (χ1) is 9.90. The van der Waals surface area contributed by atoms with Crippen LogP contribution in [0.5, 0.6) is 0 Å². The average Bonchev–Trinajstić information content (AvgIpc) is 2.44. The molecular formula is C14H22BrN3O2S. The van der Waals surface area contributed by atoms with Crippen molar-refractivity contribution in [1.29, 1.82) is 0 Å². The third-order valence-corrected chi connectivity index (χ3v) is 5.70. The average molecular weight is 376 g/mol. The molecule has 1 saturated heterocycles. The van der Waals surface area contributed by atoms with E-state index in [0.717, 1.165) is 29.3 Å². The normalized spacial score (nSPS) is 22.1. The molecule has 0 aliphatic carbocycles. The van der Waals surface area contributed by atoms with E-state index in [0.29, 0.717) is 19.0 Å². The van der Waals surface area contributed by atoms with E-state index >= 15 is 0 Å². The SMILES string of the molecule is CNC(CC1CCCN(S(C)(=O)=O)C1)c1cncc(Br)c1. The fraction of sp³-hybridized carbons (Fsp3) is 0.643. The molecule has 1 fully saturated rings. The number of rotatable bonds is 5. The largest absolute Gasteiger partial charge is 0.313 e. The summed E-state index contributed by atoms with van der Waals surface area (Å²) < 4.78 is 26.0. The number of aromatic nitrogens is 1. The second kappa shape index (κ2) is 7.17. The Morgan fingerprint density at radius 2 is 2.29 bits per heavy atom. The molecule has 21 heavy (non-hydrogen) atoms. The minimum atomic E-state index is -3.08. The van der Waals surface area contributed by atoms with E-state index in [1.54, 1.807) is 10.5 Å². The summed E-state index contributed by atoms with van der Waals surface area (Å²) in [6.45, 7) is 1.27. The first-order valence-corrected chi connectivity index (χ1v) is 9.77. The standard InChI is InChI=1S/C14H22BrN3O2S/c1-16-14(12-7-13(15)9-17-8-12)6-11-4-3-5-18(10-11)21(2,19)20/h7-9,11,14,16H,3-6,10H2,1-2H3. The molecule has 1 N–H and O–H groups in total. The smallest absolute Gasteiger partial charge is 0.211 e. The molecule has 0 radical (unpaired) electrons. The van der Waals surface area contributed by atoms with Gasteiger partial charge in [0, 0.05) is 36.0 Å². The Morgan fingerprint density at radius 3 is 2.90 bits per heavy atom. The second-order valence-corrected chi connectivity index (χ2v) is 8.54. The van der Waals surface area contributed by atoms with Gasteiger partial charge in [0.2, 0.25) is 10.0 Å². The molecule has 2 heterocycles. The van der Waals surface area contributed by atoms with E-state index in [2.05, 4.69) is 32.3 Å². The summed E-state index contributed by atoms with van der Waals surface area (Å²) in [6, 6.07) is 2.25. The van der Waals surface area contributed by atoms with Crippen LogP contribution in [0.4, 0.5) is 0 Å². The van der Waals surface area contributed by atoms with Crippen LogP contribution in [0, 0.1) is 5.92 Å². The summed E-state index contributed by atoms with van der Waals surface area (Å²) in [4.78, 5) is 4.21. The van der Waals surface area contributed by atoms with Gasteiger partial charge < -0.3 is 5.32 Å². The van der Waals surface area contributed by atoms with Crippen molar-refractivity contribution in [2.24, 2.45) is 5.92 Å². The van der Waals surface area contributed by atoms with Crippen LogP contribution in [-0.2, 0) is 10.0 Å². The molecule has 1 aliphatic rings. The van der Waals surface area contributed by atoms with Gasteiger partial charge >= 0.3 is 0 Å². The van der Waals surface area contributed by atoms with Gasteiger partial charge in [0.15, 0.2) is 0 Å². The van der Waals surface area contributed by atoms with Gasteiger partial charge in [0.25, 0.3) is 0 Å². The van der Waals surface area contributed by atoms with E-state index < -0.39 is 10.0 Å². The highest BCUT2D eigenvalue weighted by Gasteiger charge is 2.27. The molecule has 0 saturated carbocycles. The van der Waals surface area contributed by atoms with Crippen LogP contribution in [0.2, 0.25) is 0 Å². The van der Waals surface area contributed by atoms with Gasteiger partial charge in [-0.3, -0.25) is 4.98 Å². The molecule has 1 aromatic heterocycles. The molecular weight excluding hydrogens is 354 g/mol. The lowest BCUT2D eigenvalue weighted by Crippen LogP contribution is -2.40. The second-order valence-electron chi connectivity index (χ2n) is 5.64. The molecule has 0 aromatic carbocycles. The zero-order valence-electron chi connectivity index (χ0n) is 12.4. The molecule has 1 aromatic rings. The number of nitrogens with one attached hydrogen (secondary N) is 1. The van der Waals surface area contributed by atoms with Crippen LogP contribution in [0.3, 0.4) is 0 Å². The first kappa shape index (κ1) is 16.9. The fourth-order valence-corrected chi connectivity index (χ4v) is 4.22. The molecule has 7 heteroatoms. The summed E-state index contributed by atoms with van der Waals surface area (Å²) in [5.74, 6) is 0.380. The van der Waals surface area contributed by atoms with Crippen molar-refractivity contribution in [3.8, 4) is 0 Å². The van der Waals surface area contributed by atoms with Gasteiger partial charge in [-0.15, -0.1) is 0 Å². The predicted octanol–water partition coefficient (Wildman–Crippen LogP) is 2.17. The molecule has 2 unspecified atom stereocenters. The van der Waals surface area contributed by atoms with Gasteiger partial charge in [-0.2, -0.15) is 0 Å². The highest BCUT2D eigenvalue weighted by atomic mass is 79.9. The number of hydrogen-bond acceptors (Lipinski definition) is 4. The maximum Gasteiger partial charge on any atom is 0.211 e. The summed E-state index contributed by atoms with van der Waals surface area (Å²) in [5, 5.41) is 3.32. The van der Waals surface area contributed by atoms with Gasteiger partial charge in [0.1, 0.15) is 0 Å². The van der Waals surface area contributed by atoms with Crippen LogP contribution in [-0.4, -0.2) is 44.1 Å². The molecule has 118 valence electrons. The van der Waals surface area contributed by atoms with Crippen LogP contribution >= 0.6 is 15.9 Å². The van der Waals surface area contributed by atoms with E-state index in [4.69, 9.17) is 0 Å². The lowest BCUT2D eigenvalue weighted by molar-refractivity contribution is 0.240. The van der Waals surface area contributed by atoms with Crippen LogP contribution in [0.15, 0.2) is 22.9 Å². The number of halogens is 1. The maximum absolute atomic E-state index is 11.7. The van der Waals surface area contributed by atoms with Crippen molar-refractivity contribution in [3.63, 3.8) is 0 Å². The minimum absolute atomic E-state index is 0.194. The Bertz CT molecular complexity index is 579. The van der Waals surface area contributed by atoms with Crippen molar-refractivity contribution >= 4 is 26.0 Å². The fourth-order valence-electron chi connectivity index (χ4n) is 2.89. The molecule has 0 spiro atoms. The van der Waals surface area contributed by atoms with Crippen LogP contribution in [0.1, 0.15) is 30.9 Å². The summed E-state index contributed by atoms with van der Waals surface area (Å²) in [7, 11) is -1.15. The number of piperidine rings is 1. The third-order valence-electron chi connectivity index (χ3n) is 4.00. The predicted molar refractivity (Wildman–Crippen MR) is 87.5 cm³/mol. The highest BCUT2D eigenvalue weighted by molar-refractivity contribution is 9.10. The number of nitrogens with zero attached hydrogens (tertiary/aromatic N) is 2. The van der Waals surface area contributed by atoms with Gasteiger partial charge in [-0.25, -0.2) is 12.7 Å². The summed E-state index contributed by atoms with van der Waals surface area (Å²) >= 11 is 3.44. The maximum atomic E-state index is 11.7. The molecule has 2 atom stereocenters. The Hall–Kier alpha value is -0.500. The minimum Gasteiger partial charge on any atom is -0.313 e. The van der Waals surface area contributed by atoms with Crippen molar-refractivity contribution in [1.82, 2.24) is 14.6 Å². The van der Waals surface area contributed by atoms with Crippen molar-refractivity contribution in [2.45, 2.75) is 25.3 Å². The monoisotopic (exact) mass is 375 g/mol. The Kier molecular flexibility index (Phi) is 5.76. The van der Waals surface area contributed by atoms with Crippen LogP contribution in [0.25, 0.3) is 0 Å². The Morgan fingerprint density at radius 1 is 1.52 bits per heavy atom. The van der Waals surface area contributed by atoms with Gasteiger partial charge in [-0.05, 0) is 59.8 Å². The van der Waals surface area contributed by atoms with E-state index in [-0.39, 0.29) is 6.04 Å². The van der Waals surface area contributed by atoms with Gasteiger partial charge in [0.05, 0.1) is 6.26 Å². The van der Waals surface area contributed by atoms with Crippen molar-refractivity contribution in [2.75, 3.05) is 26.4 Å². The van der Waals surface area contributed by atoms with Crippen molar-refractivity contribution < 1.29 is 8.42 Å². The number of sulfonamides is 1. The number of hydrogen-bond donors (Lipinski definition) is 1. The first-order valence-electron chi connectivity index (χ1n) is 7.13. The van der Waals surface area contributed by atoms with E-state index in [9.17, 15) is 8.42 Å². The zero-order chi connectivity index (χ0) is 15.5. The topological polar surface area (TPSA) is 62.3 Å². The summed E-state index contributed by atoms with van der Waals surface area (Å²) in [6.07, 6.45) is 7.85. The van der Waals surface area contributed by atoms with E-state index in [1.165, 1.54) is 6.26 Å². The number of pyridine rings is 1. The molecule has 0 bridgehead atoms. The van der Waals surface area contributed by atoms with Gasteiger partial charge in [-0.1, -0.05) is 0 Å².